The number of halogens is 1. The number of rotatable bonds is 5. The summed E-state index contributed by atoms with van der Waals surface area (Å²) < 4.78 is 0. The number of nitrogens with zero attached hydrogens (tertiary/aromatic N) is 2. The number of hydrogen-bond donors (Lipinski definition) is 2. The number of carbonyl (C=O) groups is 1. The van der Waals surface area contributed by atoms with E-state index in [1.54, 1.807) is 12.1 Å². The smallest absolute Gasteiger partial charge is 0.308 e. The van der Waals surface area contributed by atoms with Crippen molar-refractivity contribution >= 4 is 39.8 Å². The molecule has 2 aromatic carbocycles. The van der Waals surface area contributed by atoms with Gasteiger partial charge in [-0.15, -0.1) is 10.2 Å². The fourth-order valence-corrected chi connectivity index (χ4v) is 3.72. The normalized spacial score (nSPS) is 11.8. The van der Waals surface area contributed by atoms with Crippen molar-refractivity contribution in [2.24, 2.45) is 0 Å². The number of urea groups is 1. The second kappa shape index (κ2) is 8.29. The predicted octanol–water partition coefficient (Wildman–Crippen LogP) is 5.69. The summed E-state index contributed by atoms with van der Waals surface area (Å²) in [5.41, 5.74) is 2.77. The van der Waals surface area contributed by atoms with Gasteiger partial charge >= 0.3 is 6.03 Å². The highest BCUT2D eigenvalue weighted by atomic mass is 35.5. The average molecular weight is 387 g/mol. The molecule has 5 nitrogen and oxygen atoms in total. The van der Waals surface area contributed by atoms with E-state index in [0.29, 0.717) is 15.8 Å². The number of amides is 2. The summed E-state index contributed by atoms with van der Waals surface area (Å²) >= 11 is 7.46. The number of aromatic nitrogens is 2. The van der Waals surface area contributed by atoms with Crippen molar-refractivity contribution in [3.8, 4) is 0 Å². The second-order valence-corrected chi connectivity index (χ2v) is 7.28. The van der Waals surface area contributed by atoms with E-state index in [1.165, 1.54) is 16.9 Å². The Morgan fingerprint density at radius 1 is 1.15 bits per heavy atom. The first-order valence-corrected chi connectivity index (χ1v) is 9.48. The molecule has 1 heterocycles. The van der Waals surface area contributed by atoms with E-state index in [-0.39, 0.29) is 11.9 Å². The summed E-state index contributed by atoms with van der Waals surface area (Å²) in [6.45, 7) is 4.02. The fraction of sp³-hybridized carbons (Fsp3) is 0.211. The zero-order chi connectivity index (χ0) is 18.5. The van der Waals surface area contributed by atoms with E-state index < -0.39 is 0 Å². The Kier molecular flexibility index (Phi) is 5.85. The van der Waals surface area contributed by atoms with Crippen LogP contribution in [0.2, 0.25) is 5.02 Å². The standard InChI is InChI=1S/C19H19ClN4OS/c1-3-15(13-7-5-4-6-8-13)17-23-24-19(26-17)22-18(25)21-14-10-9-12(2)16(20)11-14/h4-11,15H,3H2,1-2H3,(H2,21,22,24,25). The first-order chi connectivity index (χ1) is 12.6. The summed E-state index contributed by atoms with van der Waals surface area (Å²) in [5, 5.41) is 15.8. The van der Waals surface area contributed by atoms with Crippen LogP contribution in [0.3, 0.4) is 0 Å². The van der Waals surface area contributed by atoms with Gasteiger partial charge < -0.3 is 5.32 Å². The quantitative estimate of drug-likeness (QED) is 0.592. The Morgan fingerprint density at radius 3 is 2.62 bits per heavy atom. The molecule has 0 aliphatic rings. The fourth-order valence-electron chi connectivity index (χ4n) is 2.59. The zero-order valence-corrected chi connectivity index (χ0v) is 16.1. The number of hydrogen-bond acceptors (Lipinski definition) is 4. The molecule has 134 valence electrons. The molecule has 0 aliphatic carbocycles. The summed E-state index contributed by atoms with van der Waals surface area (Å²) in [7, 11) is 0. The first kappa shape index (κ1) is 18.4. The first-order valence-electron chi connectivity index (χ1n) is 8.29. The minimum atomic E-state index is -0.375. The second-order valence-electron chi connectivity index (χ2n) is 5.86. The molecular weight excluding hydrogens is 368 g/mol. The van der Waals surface area contributed by atoms with Crippen molar-refractivity contribution in [1.82, 2.24) is 10.2 Å². The molecule has 3 rings (SSSR count). The number of anilines is 2. The number of carbonyl (C=O) groups excluding carboxylic acids is 1. The number of nitrogens with one attached hydrogen (secondary N) is 2. The predicted molar refractivity (Wildman–Crippen MR) is 107 cm³/mol. The lowest BCUT2D eigenvalue weighted by atomic mass is 9.97. The van der Waals surface area contributed by atoms with Crippen molar-refractivity contribution in [2.75, 3.05) is 10.6 Å². The van der Waals surface area contributed by atoms with Crippen LogP contribution in [0.15, 0.2) is 48.5 Å². The van der Waals surface area contributed by atoms with Crippen LogP contribution >= 0.6 is 22.9 Å². The van der Waals surface area contributed by atoms with Gasteiger partial charge in [0.2, 0.25) is 5.13 Å². The zero-order valence-electron chi connectivity index (χ0n) is 14.5. The van der Waals surface area contributed by atoms with Crippen molar-refractivity contribution in [3.05, 3.63) is 69.7 Å². The third-order valence-corrected chi connectivity index (χ3v) is 5.36. The highest BCUT2D eigenvalue weighted by Gasteiger charge is 2.18. The van der Waals surface area contributed by atoms with Crippen LogP contribution in [0.25, 0.3) is 0 Å². The molecule has 3 aromatic rings. The molecular formula is C19H19ClN4OS. The van der Waals surface area contributed by atoms with Crippen LogP contribution in [0.1, 0.15) is 35.4 Å². The summed E-state index contributed by atoms with van der Waals surface area (Å²) in [4.78, 5) is 12.2. The van der Waals surface area contributed by atoms with Gasteiger partial charge in [-0.3, -0.25) is 5.32 Å². The van der Waals surface area contributed by atoms with Gasteiger partial charge in [0.15, 0.2) is 0 Å². The molecule has 26 heavy (non-hydrogen) atoms. The third kappa shape index (κ3) is 4.39. The molecule has 0 fully saturated rings. The van der Waals surface area contributed by atoms with Gasteiger partial charge in [-0.05, 0) is 36.6 Å². The molecule has 2 amide bonds. The van der Waals surface area contributed by atoms with Crippen LogP contribution in [0.4, 0.5) is 15.6 Å². The molecule has 7 heteroatoms. The van der Waals surface area contributed by atoms with E-state index in [2.05, 4.69) is 39.9 Å². The SMILES string of the molecule is CCC(c1ccccc1)c1nnc(NC(=O)Nc2ccc(C)c(Cl)c2)s1. The van der Waals surface area contributed by atoms with E-state index in [4.69, 9.17) is 11.6 Å². The summed E-state index contributed by atoms with van der Waals surface area (Å²) in [6.07, 6.45) is 0.909. The summed E-state index contributed by atoms with van der Waals surface area (Å²) in [6, 6.07) is 15.2. The Hall–Kier alpha value is -2.44. The lowest BCUT2D eigenvalue weighted by Gasteiger charge is -2.11. The van der Waals surface area contributed by atoms with Crippen molar-refractivity contribution in [3.63, 3.8) is 0 Å². The minimum absolute atomic E-state index is 0.170. The highest BCUT2D eigenvalue weighted by Crippen LogP contribution is 2.31. The molecule has 0 bridgehead atoms. The van der Waals surface area contributed by atoms with Gasteiger partial charge in [0.1, 0.15) is 5.01 Å². The third-order valence-electron chi connectivity index (χ3n) is 4.00. The molecule has 0 saturated carbocycles. The molecule has 2 N–H and O–H groups in total. The monoisotopic (exact) mass is 386 g/mol. The van der Waals surface area contributed by atoms with Crippen LogP contribution in [0.5, 0.6) is 0 Å². The lowest BCUT2D eigenvalue weighted by molar-refractivity contribution is 0.262. The van der Waals surface area contributed by atoms with E-state index in [9.17, 15) is 4.79 Å². The van der Waals surface area contributed by atoms with Gasteiger partial charge in [-0.2, -0.15) is 0 Å². The Labute approximate surface area is 161 Å². The van der Waals surface area contributed by atoms with Crippen molar-refractivity contribution in [1.29, 1.82) is 0 Å². The van der Waals surface area contributed by atoms with Gasteiger partial charge in [-0.25, -0.2) is 4.79 Å². The van der Waals surface area contributed by atoms with E-state index >= 15 is 0 Å². The average Bonchev–Trinajstić information content (AvgIpc) is 3.08. The molecule has 0 spiro atoms. The molecule has 0 saturated heterocycles. The largest absolute Gasteiger partial charge is 0.325 e. The maximum absolute atomic E-state index is 12.2. The van der Waals surface area contributed by atoms with Gasteiger partial charge in [0.25, 0.3) is 0 Å². The molecule has 0 radical (unpaired) electrons. The number of aryl methyl sites for hydroxylation is 1. The molecule has 1 aromatic heterocycles. The molecule has 0 aliphatic heterocycles. The summed E-state index contributed by atoms with van der Waals surface area (Å²) in [5.74, 6) is 0.170. The lowest BCUT2D eigenvalue weighted by Crippen LogP contribution is -2.19. The number of benzene rings is 2. The van der Waals surface area contributed by atoms with Crippen LogP contribution < -0.4 is 10.6 Å². The van der Waals surface area contributed by atoms with Gasteiger partial charge in [0.05, 0.1) is 0 Å². The van der Waals surface area contributed by atoms with E-state index in [0.717, 1.165) is 17.0 Å². The van der Waals surface area contributed by atoms with Crippen molar-refractivity contribution in [2.45, 2.75) is 26.2 Å². The highest BCUT2D eigenvalue weighted by molar-refractivity contribution is 7.15. The Balaban J connectivity index is 1.67. The minimum Gasteiger partial charge on any atom is -0.308 e. The Morgan fingerprint density at radius 2 is 1.92 bits per heavy atom. The van der Waals surface area contributed by atoms with Crippen LogP contribution in [-0.4, -0.2) is 16.2 Å². The van der Waals surface area contributed by atoms with E-state index in [1.807, 2.05) is 31.2 Å². The molecule has 1 unspecified atom stereocenters. The maximum atomic E-state index is 12.2. The van der Waals surface area contributed by atoms with Gasteiger partial charge in [0, 0.05) is 16.6 Å². The van der Waals surface area contributed by atoms with Crippen LogP contribution in [-0.2, 0) is 0 Å². The molecule has 1 atom stereocenters. The Bertz CT molecular complexity index is 898. The van der Waals surface area contributed by atoms with Gasteiger partial charge in [-0.1, -0.05) is 66.3 Å². The van der Waals surface area contributed by atoms with Crippen molar-refractivity contribution < 1.29 is 4.79 Å². The topological polar surface area (TPSA) is 66.9 Å². The maximum Gasteiger partial charge on any atom is 0.325 e. The van der Waals surface area contributed by atoms with Crippen LogP contribution in [0, 0.1) is 6.92 Å².